The van der Waals surface area contributed by atoms with Crippen molar-refractivity contribution in [3.8, 4) is 5.75 Å². The van der Waals surface area contributed by atoms with Gasteiger partial charge in [-0.3, -0.25) is 0 Å². The molecule has 0 aliphatic rings. The summed E-state index contributed by atoms with van der Waals surface area (Å²) in [6, 6.07) is 7.71. The minimum absolute atomic E-state index is 0.221. The van der Waals surface area contributed by atoms with E-state index in [1.165, 1.54) is 0 Å². The third-order valence-electron chi connectivity index (χ3n) is 2.06. The first kappa shape index (κ1) is 13.0. The molecule has 16 heavy (non-hydrogen) atoms. The molecule has 3 N–H and O–H groups in total. The Morgan fingerprint density at radius 3 is 2.94 bits per heavy atom. The molecule has 0 unspecified atom stereocenters. The molecule has 0 saturated carbocycles. The van der Waals surface area contributed by atoms with Crippen LogP contribution in [0.5, 0.6) is 5.75 Å². The molecular formula is C12H19NO3. The van der Waals surface area contributed by atoms with Crippen molar-refractivity contribution in [1.82, 2.24) is 0 Å². The lowest BCUT2D eigenvalue weighted by atomic mass is 10.2. The molecule has 1 aromatic carbocycles. The highest BCUT2D eigenvalue weighted by molar-refractivity contribution is 5.27. The summed E-state index contributed by atoms with van der Waals surface area (Å²) in [5.74, 6) is 0.836. The maximum Gasteiger partial charge on any atom is 0.119 e. The normalized spacial score (nSPS) is 12.4. The molecule has 1 rings (SSSR count). The highest BCUT2D eigenvalue weighted by atomic mass is 16.5. The molecule has 1 atom stereocenters. The van der Waals surface area contributed by atoms with Crippen LogP contribution in [0.25, 0.3) is 0 Å². The molecule has 0 aliphatic carbocycles. The van der Waals surface area contributed by atoms with E-state index in [9.17, 15) is 5.11 Å². The summed E-state index contributed by atoms with van der Waals surface area (Å²) >= 11 is 0. The average molecular weight is 225 g/mol. The number of aliphatic hydroxyl groups is 1. The van der Waals surface area contributed by atoms with Crippen LogP contribution >= 0.6 is 0 Å². The van der Waals surface area contributed by atoms with E-state index in [-0.39, 0.29) is 13.2 Å². The van der Waals surface area contributed by atoms with Crippen molar-refractivity contribution in [2.75, 3.05) is 19.8 Å². The second kappa shape index (κ2) is 7.22. The number of nitrogens with two attached hydrogens (primary N) is 1. The van der Waals surface area contributed by atoms with Crippen molar-refractivity contribution in [2.45, 2.75) is 19.6 Å². The Labute approximate surface area is 96.0 Å². The molecule has 0 spiro atoms. The van der Waals surface area contributed by atoms with Gasteiger partial charge in [-0.25, -0.2) is 0 Å². The van der Waals surface area contributed by atoms with Gasteiger partial charge < -0.3 is 20.3 Å². The summed E-state index contributed by atoms with van der Waals surface area (Å²) in [7, 11) is 0. The monoisotopic (exact) mass is 225 g/mol. The zero-order valence-corrected chi connectivity index (χ0v) is 9.56. The first-order chi connectivity index (χ1) is 7.76. The number of benzene rings is 1. The number of ether oxygens (including phenoxy) is 2. The zero-order chi connectivity index (χ0) is 11.8. The SMILES string of the molecule is CCOc1cccc(COC[C@@H](O)CN)c1. The summed E-state index contributed by atoms with van der Waals surface area (Å²) in [5, 5.41) is 9.20. The van der Waals surface area contributed by atoms with E-state index < -0.39 is 6.10 Å². The van der Waals surface area contributed by atoms with Gasteiger partial charge in [-0.1, -0.05) is 12.1 Å². The molecule has 1 aromatic rings. The molecular weight excluding hydrogens is 206 g/mol. The van der Waals surface area contributed by atoms with Crippen molar-refractivity contribution in [3.05, 3.63) is 29.8 Å². The fourth-order valence-corrected chi connectivity index (χ4v) is 1.27. The second-order valence-corrected chi connectivity index (χ2v) is 3.49. The molecule has 0 aliphatic heterocycles. The Morgan fingerprint density at radius 1 is 1.44 bits per heavy atom. The smallest absolute Gasteiger partial charge is 0.119 e. The molecule has 0 fully saturated rings. The van der Waals surface area contributed by atoms with Crippen molar-refractivity contribution in [3.63, 3.8) is 0 Å². The van der Waals surface area contributed by atoms with Crippen LogP contribution in [-0.4, -0.2) is 31.0 Å². The Bertz CT molecular complexity index is 304. The van der Waals surface area contributed by atoms with E-state index in [0.29, 0.717) is 13.2 Å². The molecule has 4 heteroatoms. The third-order valence-corrected chi connectivity index (χ3v) is 2.06. The van der Waals surface area contributed by atoms with Gasteiger partial charge in [-0.05, 0) is 24.6 Å². The maximum atomic E-state index is 9.20. The van der Waals surface area contributed by atoms with Crippen LogP contribution < -0.4 is 10.5 Å². The minimum atomic E-state index is -0.588. The van der Waals surface area contributed by atoms with Crippen molar-refractivity contribution >= 4 is 0 Å². The molecule has 90 valence electrons. The molecule has 0 saturated heterocycles. The molecule has 0 radical (unpaired) electrons. The van der Waals surface area contributed by atoms with E-state index in [1.54, 1.807) is 0 Å². The predicted molar refractivity (Wildman–Crippen MR) is 62.3 cm³/mol. The first-order valence-corrected chi connectivity index (χ1v) is 5.44. The Balaban J connectivity index is 2.38. The number of rotatable bonds is 7. The van der Waals surface area contributed by atoms with Gasteiger partial charge in [0.1, 0.15) is 5.75 Å². The van der Waals surface area contributed by atoms with E-state index >= 15 is 0 Å². The Morgan fingerprint density at radius 2 is 2.25 bits per heavy atom. The lowest BCUT2D eigenvalue weighted by Gasteiger charge is -2.09. The maximum absolute atomic E-state index is 9.20. The number of hydrogen-bond donors (Lipinski definition) is 2. The van der Waals surface area contributed by atoms with E-state index in [0.717, 1.165) is 11.3 Å². The third kappa shape index (κ3) is 4.61. The Hall–Kier alpha value is -1.10. The van der Waals surface area contributed by atoms with E-state index in [1.807, 2.05) is 31.2 Å². The summed E-state index contributed by atoms with van der Waals surface area (Å²) in [6.45, 7) is 3.53. The average Bonchev–Trinajstić information content (AvgIpc) is 2.30. The summed E-state index contributed by atoms with van der Waals surface area (Å²) in [5.41, 5.74) is 6.29. The van der Waals surface area contributed by atoms with Crippen LogP contribution in [0.3, 0.4) is 0 Å². The highest BCUT2D eigenvalue weighted by Crippen LogP contribution is 2.13. The largest absolute Gasteiger partial charge is 0.494 e. The van der Waals surface area contributed by atoms with Crippen LogP contribution in [0.1, 0.15) is 12.5 Å². The summed E-state index contributed by atoms with van der Waals surface area (Å²) < 4.78 is 10.7. The zero-order valence-electron chi connectivity index (χ0n) is 9.56. The molecule has 4 nitrogen and oxygen atoms in total. The summed E-state index contributed by atoms with van der Waals surface area (Å²) in [6.07, 6.45) is -0.588. The highest BCUT2D eigenvalue weighted by Gasteiger charge is 2.01. The van der Waals surface area contributed by atoms with Crippen molar-refractivity contribution in [2.24, 2.45) is 5.73 Å². The lowest BCUT2D eigenvalue weighted by molar-refractivity contribution is 0.0328. The van der Waals surface area contributed by atoms with Gasteiger partial charge >= 0.3 is 0 Å². The van der Waals surface area contributed by atoms with Crippen LogP contribution in [0, 0.1) is 0 Å². The van der Waals surface area contributed by atoms with Crippen molar-refractivity contribution in [1.29, 1.82) is 0 Å². The van der Waals surface area contributed by atoms with Gasteiger partial charge in [0.15, 0.2) is 0 Å². The van der Waals surface area contributed by atoms with Gasteiger partial charge in [0.2, 0.25) is 0 Å². The quantitative estimate of drug-likeness (QED) is 0.724. The van der Waals surface area contributed by atoms with Gasteiger partial charge in [-0.15, -0.1) is 0 Å². The van der Waals surface area contributed by atoms with Crippen molar-refractivity contribution < 1.29 is 14.6 Å². The van der Waals surface area contributed by atoms with E-state index in [4.69, 9.17) is 15.2 Å². The Kier molecular flexibility index (Phi) is 5.85. The number of hydrogen-bond acceptors (Lipinski definition) is 4. The summed E-state index contributed by atoms with van der Waals surface area (Å²) in [4.78, 5) is 0. The molecule has 0 amide bonds. The fraction of sp³-hybridized carbons (Fsp3) is 0.500. The lowest BCUT2D eigenvalue weighted by Crippen LogP contribution is -2.24. The van der Waals surface area contributed by atoms with Crippen LogP contribution in [0.2, 0.25) is 0 Å². The topological polar surface area (TPSA) is 64.7 Å². The van der Waals surface area contributed by atoms with Gasteiger partial charge in [0, 0.05) is 6.54 Å². The van der Waals surface area contributed by atoms with Crippen LogP contribution in [-0.2, 0) is 11.3 Å². The number of aliphatic hydroxyl groups excluding tert-OH is 1. The van der Waals surface area contributed by atoms with Gasteiger partial charge in [0.25, 0.3) is 0 Å². The predicted octanol–water partition coefficient (Wildman–Crippen LogP) is 0.921. The molecule has 0 bridgehead atoms. The van der Waals surface area contributed by atoms with Gasteiger partial charge in [0.05, 0.1) is 25.9 Å². The van der Waals surface area contributed by atoms with Gasteiger partial charge in [-0.2, -0.15) is 0 Å². The fourth-order valence-electron chi connectivity index (χ4n) is 1.27. The molecule has 0 heterocycles. The second-order valence-electron chi connectivity index (χ2n) is 3.49. The first-order valence-electron chi connectivity index (χ1n) is 5.44. The molecule has 0 aromatic heterocycles. The minimum Gasteiger partial charge on any atom is -0.494 e. The van der Waals surface area contributed by atoms with E-state index in [2.05, 4.69) is 0 Å². The van der Waals surface area contributed by atoms with Crippen LogP contribution in [0.15, 0.2) is 24.3 Å². The van der Waals surface area contributed by atoms with Crippen LogP contribution in [0.4, 0.5) is 0 Å². The standard InChI is InChI=1S/C12H19NO3/c1-2-16-12-5-3-4-10(6-12)8-15-9-11(14)7-13/h3-6,11,14H,2,7-9,13H2,1H3/t11-/m0/s1.